The third-order valence-corrected chi connectivity index (χ3v) is 3.64. The first kappa shape index (κ1) is 14.0. The SMILES string of the molecule is CC1CC(C)CC(NC(=O)Cn2cc(CN)nn2)C1. The van der Waals surface area contributed by atoms with E-state index in [-0.39, 0.29) is 12.5 Å². The lowest BCUT2D eigenvalue weighted by Gasteiger charge is -2.31. The molecule has 1 aromatic heterocycles. The standard InChI is InChI=1S/C13H23N5O/c1-9-3-10(2)5-11(4-9)15-13(19)8-18-7-12(6-14)16-17-18/h7,9-11H,3-6,8,14H2,1-2H3,(H,15,19). The van der Waals surface area contributed by atoms with Crippen molar-refractivity contribution in [3.05, 3.63) is 11.9 Å². The largest absolute Gasteiger partial charge is 0.352 e. The number of amides is 1. The van der Waals surface area contributed by atoms with Crippen LogP contribution in [0.25, 0.3) is 0 Å². The quantitative estimate of drug-likeness (QED) is 0.838. The molecular formula is C13H23N5O. The summed E-state index contributed by atoms with van der Waals surface area (Å²) in [6, 6.07) is 0.295. The van der Waals surface area contributed by atoms with Crippen LogP contribution >= 0.6 is 0 Å². The van der Waals surface area contributed by atoms with Crippen LogP contribution in [0.3, 0.4) is 0 Å². The van der Waals surface area contributed by atoms with E-state index in [1.54, 1.807) is 6.20 Å². The highest BCUT2D eigenvalue weighted by Gasteiger charge is 2.25. The van der Waals surface area contributed by atoms with Gasteiger partial charge in [-0.3, -0.25) is 4.79 Å². The van der Waals surface area contributed by atoms with Gasteiger partial charge in [0.15, 0.2) is 0 Å². The van der Waals surface area contributed by atoms with Gasteiger partial charge in [-0.2, -0.15) is 0 Å². The molecule has 106 valence electrons. The smallest absolute Gasteiger partial charge is 0.242 e. The lowest BCUT2D eigenvalue weighted by atomic mass is 9.80. The van der Waals surface area contributed by atoms with Crippen LogP contribution in [0.15, 0.2) is 6.20 Å². The summed E-state index contributed by atoms with van der Waals surface area (Å²) in [6.07, 6.45) is 5.12. The van der Waals surface area contributed by atoms with E-state index in [4.69, 9.17) is 5.73 Å². The van der Waals surface area contributed by atoms with Crippen molar-refractivity contribution in [1.82, 2.24) is 20.3 Å². The average molecular weight is 265 g/mol. The summed E-state index contributed by atoms with van der Waals surface area (Å²) in [4.78, 5) is 12.0. The third-order valence-electron chi connectivity index (χ3n) is 3.64. The molecule has 2 unspecified atom stereocenters. The first-order chi connectivity index (χ1) is 9.06. The molecule has 1 aromatic rings. The van der Waals surface area contributed by atoms with Crippen LogP contribution in [0, 0.1) is 11.8 Å². The van der Waals surface area contributed by atoms with Crippen molar-refractivity contribution in [2.75, 3.05) is 0 Å². The molecule has 0 aromatic carbocycles. The summed E-state index contributed by atoms with van der Waals surface area (Å²) in [5, 5.41) is 10.8. The Bertz CT molecular complexity index is 420. The predicted molar refractivity (Wildman–Crippen MR) is 72.0 cm³/mol. The maximum atomic E-state index is 12.0. The van der Waals surface area contributed by atoms with Crippen LogP contribution in [0.4, 0.5) is 0 Å². The molecule has 6 nitrogen and oxygen atoms in total. The zero-order valence-electron chi connectivity index (χ0n) is 11.7. The van der Waals surface area contributed by atoms with Gasteiger partial charge in [0, 0.05) is 12.6 Å². The van der Waals surface area contributed by atoms with Crippen molar-refractivity contribution in [3.63, 3.8) is 0 Å². The van der Waals surface area contributed by atoms with Crippen LogP contribution in [0.5, 0.6) is 0 Å². The molecule has 0 aliphatic heterocycles. The molecule has 0 bridgehead atoms. The number of carbonyl (C=O) groups excluding carboxylic acids is 1. The zero-order valence-corrected chi connectivity index (χ0v) is 11.7. The molecule has 0 saturated heterocycles. The molecule has 1 aliphatic carbocycles. The summed E-state index contributed by atoms with van der Waals surface area (Å²) in [6.45, 7) is 5.06. The van der Waals surface area contributed by atoms with Crippen molar-refractivity contribution in [1.29, 1.82) is 0 Å². The van der Waals surface area contributed by atoms with Gasteiger partial charge < -0.3 is 11.1 Å². The second-order valence-electron chi connectivity index (χ2n) is 5.79. The van der Waals surface area contributed by atoms with Gasteiger partial charge in [-0.25, -0.2) is 4.68 Å². The van der Waals surface area contributed by atoms with Gasteiger partial charge in [0.25, 0.3) is 0 Å². The highest BCUT2D eigenvalue weighted by molar-refractivity contribution is 5.75. The van der Waals surface area contributed by atoms with Crippen molar-refractivity contribution in [2.45, 2.75) is 52.2 Å². The van der Waals surface area contributed by atoms with Crippen LogP contribution < -0.4 is 11.1 Å². The molecule has 1 aliphatic rings. The second kappa shape index (κ2) is 6.14. The van der Waals surface area contributed by atoms with Gasteiger partial charge in [-0.15, -0.1) is 5.10 Å². The lowest BCUT2D eigenvalue weighted by Crippen LogP contribution is -2.41. The summed E-state index contributed by atoms with van der Waals surface area (Å²) in [5.41, 5.74) is 6.16. The molecule has 1 heterocycles. The maximum Gasteiger partial charge on any atom is 0.242 e. The Kier molecular flexibility index (Phi) is 4.52. The molecular weight excluding hydrogens is 242 g/mol. The second-order valence-corrected chi connectivity index (χ2v) is 5.79. The van der Waals surface area contributed by atoms with E-state index in [1.165, 1.54) is 11.1 Å². The van der Waals surface area contributed by atoms with Gasteiger partial charge >= 0.3 is 0 Å². The van der Waals surface area contributed by atoms with Crippen LogP contribution in [-0.2, 0) is 17.9 Å². The number of nitrogens with two attached hydrogens (primary N) is 1. The van der Waals surface area contributed by atoms with E-state index in [9.17, 15) is 4.79 Å². The fraction of sp³-hybridized carbons (Fsp3) is 0.769. The minimum atomic E-state index is -0.000212. The number of hydrogen-bond acceptors (Lipinski definition) is 4. The number of nitrogens with zero attached hydrogens (tertiary/aromatic N) is 3. The average Bonchev–Trinajstić information content (AvgIpc) is 2.74. The maximum absolute atomic E-state index is 12.0. The monoisotopic (exact) mass is 265 g/mol. The first-order valence-corrected chi connectivity index (χ1v) is 6.95. The number of hydrogen-bond donors (Lipinski definition) is 2. The Morgan fingerprint density at radius 2 is 2.11 bits per heavy atom. The van der Waals surface area contributed by atoms with E-state index < -0.39 is 0 Å². The van der Waals surface area contributed by atoms with Gasteiger partial charge in [-0.1, -0.05) is 19.1 Å². The van der Waals surface area contributed by atoms with Crippen molar-refractivity contribution in [2.24, 2.45) is 17.6 Å². The molecule has 0 radical (unpaired) electrons. The number of aromatic nitrogens is 3. The van der Waals surface area contributed by atoms with Crippen molar-refractivity contribution in [3.8, 4) is 0 Å². The van der Waals surface area contributed by atoms with Gasteiger partial charge in [0.2, 0.25) is 5.91 Å². The number of nitrogens with one attached hydrogen (secondary N) is 1. The predicted octanol–water partition coefficient (Wildman–Crippen LogP) is 0.678. The van der Waals surface area contributed by atoms with E-state index in [0.29, 0.717) is 30.1 Å². The molecule has 2 rings (SSSR count). The minimum absolute atomic E-state index is 0.000212. The molecule has 1 fully saturated rings. The minimum Gasteiger partial charge on any atom is -0.352 e. The zero-order chi connectivity index (χ0) is 13.8. The summed E-state index contributed by atoms with van der Waals surface area (Å²) in [5.74, 6) is 1.37. The highest BCUT2D eigenvalue weighted by atomic mass is 16.2. The molecule has 3 N–H and O–H groups in total. The van der Waals surface area contributed by atoms with E-state index in [1.807, 2.05) is 0 Å². The summed E-state index contributed by atoms with van der Waals surface area (Å²) >= 11 is 0. The molecule has 1 saturated carbocycles. The Morgan fingerprint density at radius 1 is 1.42 bits per heavy atom. The van der Waals surface area contributed by atoms with Crippen LogP contribution in [-0.4, -0.2) is 26.9 Å². The molecule has 2 atom stereocenters. The lowest BCUT2D eigenvalue weighted by molar-refractivity contribution is -0.123. The topological polar surface area (TPSA) is 85.8 Å². The Balaban J connectivity index is 1.83. The third kappa shape index (κ3) is 4.02. The van der Waals surface area contributed by atoms with E-state index in [2.05, 4.69) is 29.5 Å². The Hall–Kier alpha value is -1.43. The Morgan fingerprint density at radius 3 is 2.68 bits per heavy atom. The fourth-order valence-electron chi connectivity index (χ4n) is 2.99. The molecule has 0 spiro atoms. The van der Waals surface area contributed by atoms with Crippen LogP contribution in [0.1, 0.15) is 38.8 Å². The molecule has 6 heteroatoms. The Labute approximate surface area is 113 Å². The highest BCUT2D eigenvalue weighted by Crippen LogP contribution is 2.28. The molecule has 1 amide bonds. The van der Waals surface area contributed by atoms with Gasteiger partial charge in [0.1, 0.15) is 6.54 Å². The summed E-state index contributed by atoms with van der Waals surface area (Å²) < 4.78 is 1.53. The van der Waals surface area contributed by atoms with Crippen molar-refractivity contribution >= 4 is 5.91 Å². The van der Waals surface area contributed by atoms with Crippen molar-refractivity contribution < 1.29 is 4.79 Å². The number of rotatable bonds is 4. The normalized spacial score (nSPS) is 27.2. The fourth-order valence-corrected chi connectivity index (χ4v) is 2.99. The van der Waals surface area contributed by atoms with E-state index in [0.717, 1.165) is 12.8 Å². The first-order valence-electron chi connectivity index (χ1n) is 6.95. The van der Waals surface area contributed by atoms with Gasteiger partial charge in [-0.05, 0) is 31.1 Å². The van der Waals surface area contributed by atoms with Crippen LogP contribution in [0.2, 0.25) is 0 Å². The van der Waals surface area contributed by atoms with E-state index >= 15 is 0 Å². The van der Waals surface area contributed by atoms with Gasteiger partial charge in [0.05, 0.1) is 11.9 Å². The summed E-state index contributed by atoms with van der Waals surface area (Å²) in [7, 11) is 0. The molecule has 19 heavy (non-hydrogen) atoms. The number of carbonyl (C=O) groups is 1.